The summed E-state index contributed by atoms with van der Waals surface area (Å²) in [4.78, 5) is 3.35. The van der Waals surface area contributed by atoms with Crippen LogP contribution in [0.15, 0.2) is 40.8 Å². The summed E-state index contributed by atoms with van der Waals surface area (Å²) in [7, 11) is 4.08. The molecule has 0 radical (unpaired) electrons. The van der Waals surface area contributed by atoms with Crippen LogP contribution in [0.4, 0.5) is 5.69 Å². The van der Waals surface area contributed by atoms with Gasteiger partial charge in [-0.3, -0.25) is 0 Å². The van der Waals surface area contributed by atoms with Crippen molar-refractivity contribution in [1.82, 2.24) is 0 Å². The fraction of sp³-hybridized carbons (Fsp3) is 0.429. The fourth-order valence-electron chi connectivity index (χ4n) is 1.52. The lowest BCUT2D eigenvalue weighted by molar-refractivity contribution is 0.331. The van der Waals surface area contributed by atoms with E-state index in [4.69, 9.17) is 5.11 Å². The van der Waals surface area contributed by atoms with E-state index in [1.807, 2.05) is 21.0 Å². The molecule has 0 aliphatic heterocycles. The normalized spacial score (nSPS) is 13.6. The van der Waals surface area contributed by atoms with Crippen molar-refractivity contribution in [2.45, 2.75) is 24.0 Å². The summed E-state index contributed by atoms with van der Waals surface area (Å²) in [5.41, 5.74) is 2.24. The lowest BCUT2D eigenvalue weighted by Gasteiger charge is -2.13. The van der Waals surface area contributed by atoms with E-state index in [-0.39, 0.29) is 6.61 Å². The summed E-state index contributed by atoms with van der Waals surface area (Å²) >= 11 is 1.80. The zero-order valence-electron chi connectivity index (χ0n) is 11.0. The molecule has 0 fully saturated rings. The highest BCUT2D eigenvalue weighted by molar-refractivity contribution is 8.00. The molecule has 0 aliphatic rings. The molecule has 1 rings (SSSR count). The molecule has 1 unspecified atom stereocenters. The maximum Gasteiger partial charge on any atom is 0.0639 e. The molecule has 2 nitrogen and oxygen atoms in total. The summed E-state index contributed by atoms with van der Waals surface area (Å²) in [5.74, 6) is 0. The summed E-state index contributed by atoms with van der Waals surface area (Å²) in [6.07, 6.45) is 2.10. The summed E-state index contributed by atoms with van der Waals surface area (Å²) in [6.45, 7) is 4.24. The number of hydrogen-bond donors (Lipinski definition) is 1. The summed E-state index contributed by atoms with van der Waals surface area (Å²) in [5, 5.41) is 9.35. The first-order valence-corrected chi connectivity index (χ1v) is 6.63. The Balaban J connectivity index is 2.63. The number of aliphatic hydroxyl groups excluding tert-OH is 1. The van der Waals surface area contributed by atoms with Gasteiger partial charge in [-0.2, -0.15) is 0 Å². The van der Waals surface area contributed by atoms with Crippen LogP contribution in [-0.2, 0) is 0 Å². The topological polar surface area (TPSA) is 23.5 Å². The Kier molecular flexibility index (Phi) is 5.59. The van der Waals surface area contributed by atoms with E-state index in [0.717, 1.165) is 5.57 Å². The molecule has 94 valence electrons. The zero-order chi connectivity index (χ0) is 12.8. The molecule has 3 heteroatoms. The molecule has 1 aromatic rings. The van der Waals surface area contributed by atoms with Gasteiger partial charge in [0.25, 0.3) is 0 Å². The third kappa shape index (κ3) is 4.84. The molecule has 0 bridgehead atoms. The molecule has 1 aromatic carbocycles. The fourth-order valence-corrected chi connectivity index (χ4v) is 2.55. The van der Waals surface area contributed by atoms with Crippen molar-refractivity contribution in [3.05, 3.63) is 35.9 Å². The van der Waals surface area contributed by atoms with Crippen molar-refractivity contribution >= 4 is 17.4 Å². The minimum atomic E-state index is 0.143. The standard InChI is InChI=1S/C14H21NOS/c1-11(10-16)9-12(2)17-14-7-5-13(6-8-14)15(3)4/h5-9,12,16H,10H2,1-4H3/b11-9+. The molecule has 0 saturated carbocycles. The van der Waals surface area contributed by atoms with Gasteiger partial charge in [-0.25, -0.2) is 0 Å². The zero-order valence-corrected chi connectivity index (χ0v) is 11.8. The van der Waals surface area contributed by atoms with Gasteiger partial charge >= 0.3 is 0 Å². The third-order valence-corrected chi connectivity index (χ3v) is 3.50. The van der Waals surface area contributed by atoms with Gasteiger partial charge in [0.1, 0.15) is 0 Å². The average Bonchev–Trinajstić information content (AvgIpc) is 2.29. The third-order valence-electron chi connectivity index (χ3n) is 2.44. The molecule has 1 atom stereocenters. The number of thioether (sulfide) groups is 1. The van der Waals surface area contributed by atoms with Gasteiger partial charge in [-0.1, -0.05) is 11.6 Å². The first-order valence-electron chi connectivity index (χ1n) is 5.75. The van der Waals surface area contributed by atoms with E-state index in [0.29, 0.717) is 5.25 Å². The van der Waals surface area contributed by atoms with E-state index >= 15 is 0 Å². The predicted octanol–water partition coefficient (Wildman–Crippen LogP) is 3.17. The highest BCUT2D eigenvalue weighted by atomic mass is 32.2. The molecule has 0 amide bonds. The first-order chi connectivity index (χ1) is 8.02. The summed E-state index contributed by atoms with van der Waals surface area (Å²) in [6, 6.07) is 8.52. The molecular formula is C14H21NOS. The van der Waals surface area contributed by atoms with E-state index in [1.54, 1.807) is 11.8 Å². The van der Waals surface area contributed by atoms with Gasteiger partial charge < -0.3 is 10.0 Å². The quantitative estimate of drug-likeness (QED) is 0.642. The van der Waals surface area contributed by atoms with Crippen molar-refractivity contribution in [3.63, 3.8) is 0 Å². The average molecular weight is 251 g/mol. The Morgan fingerprint density at radius 1 is 1.35 bits per heavy atom. The number of aliphatic hydroxyl groups is 1. The van der Waals surface area contributed by atoms with Crippen LogP contribution in [0.2, 0.25) is 0 Å². The van der Waals surface area contributed by atoms with Crippen LogP contribution >= 0.6 is 11.8 Å². The maximum absolute atomic E-state index is 8.96. The molecule has 0 heterocycles. The lowest BCUT2D eigenvalue weighted by atomic mass is 10.3. The maximum atomic E-state index is 8.96. The van der Waals surface area contributed by atoms with Crippen LogP contribution in [-0.4, -0.2) is 31.1 Å². The molecule has 0 aromatic heterocycles. The minimum absolute atomic E-state index is 0.143. The SMILES string of the molecule is C/C(=C\C(C)Sc1ccc(N(C)C)cc1)CO. The Hall–Kier alpha value is -0.930. The van der Waals surface area contributed by atoms with Gasteiger partial charge in [-0.05, 0) is 38.1 Å². The number of nitrogens with zero attached hydrogens (tertiary/aromatic N) is 1. The van der Waals surface area contributed by atoms with Crippen molar-refractivity contribution in [2.75, 3.05) is 25.6 Å². The number of benzene rings is 1. The predicted molar refractivity (Wildman–Crippen MR) is 76.9 cm³/mol. The number of hydrogen-bond acceptors (Lipinski definition) is 3. The molecule has 0 aliphatic carbocycles. The van der Waals surface area contributed by atoms with Crippen LogP contribution in [0.3, 0.4) is 0 Å². The molecule has 0 saturated heterocycles. The first kappa shape index (κ1) is 14.1. The molecule has 1 N–H and O–H groups in total. The Morgan fingerprint density at radius 3 is 2.41 bits per heavy atom. The Labute approximate surface area is 108 Å². The minimum Gasteiger partial charge on any atom is -0.392 e. The second-order valence-electron chi connectivity index (χ2n) is 4.38. The van der Waals surface area contributed by atoms with Gasteiger partial charge in [-0.15, -0.1) is 11.8 Å². The molecular weight excluding hydrogens is 230 g/mol. The second-order valence-corrected chi connectivity index (χ2v) is 5.83. The van der Waals surface area contributed by atoms with Crippen molar-refractivity contribution in [1.29, 1.82) is 0 Å². The van der Waals surface area contributed by atoms with E-state index in [1.165, 1.54) is 10.6 Å². The molecule has 17 heavy (non-hydrogen) atoms. The molecule has 0 spiro atoms. The smallest absolute Gasteiger partial charge is 0.0639 e. The van der Waals surface area contributed by atoms with E-state index < -0.39 is 0 Å². The lowest BCUT2D eigenvalue weighted by Crippen LogP contribution is -2.07. The van der Waals surface area contributed by atoms with Crippen LogP contribution < -0.4 is 4.90 Å². The van der Waals surface area contributed by atoms with E-state index in [9.17, 15) is 0 Å². The van der Waals surface area contributed by atoms with Crippen molar-refractivity contribution in [2.24, 2.45) is 0 Å². The Morgan fingerprint density at radius 2 is 1.94 bits per heavy atom. The highest BCUT2D eigenvalue weighted by Crippen LogP contribution is 2.26. The highest BCUT2D eigenvalue weighted by Gasteiger charge is 2.02. The van der Waals surface area contributed by atoms with Crippen LogP contribution in [0, 0.1) is 0 Å². The largest absolute Gasteiger partial charge is 0.392 e. The Bertz CT molecular complexity index is 370. The van der Waals surface area contributed by atoms with E-state index in [2.05, 4.69) is 42.2 Å². The summed E-state index contributed by atoms with van der Waals surface area (Å²) < 4.78 is 0. The number of anilines is 1. The van der Waals surface area contributed by atoms with Gasteiger partial charge in [0, 0.05) is 29.9 Å². The van der Waals surface area contributed by atoms with Gasteiger partial charge in [0.2, 0.25) is 0 Å². The van der Waals surface area contributed by atoms with Crippen LogP contribution in [0.1, 0.15) is 13.8 Å². The second kappa shape index (κ2) is 6.72. The van der Waals surface area contributed by atoms with Gasteiger partial charge in [0.05, 0.1) is 6.61 Å². The van der Waals surface area contributed by atoms with Crippen molar-refractivity contribution in [3.8, 4) is 0 Å². The van der Waals surface area contributed by atoms with Gasteiger partial charge in [0.15, 0.2) is 0 Å². The number of rotatable bonds is 5. The van der Waals surface area contributed by atoms with Crippen LogP contribution in [0.25, 0.3) is 0 Å². The van der Waals surface area contributed by atoms with Crippen LogP contribution in [0.5, 0.6) is 0 Å². The van der Waals surface area contributed by atoms with Crippen molar-refractivity contribution < 1.29 is 5.11 Å². The monoisotopic (exact) mass is 251 g/mol.